The third-order valence-electron chi connectivity index (χ3n) is 3.87. The van der Waals surface area contributed by atoms with Gasteiger partial charge in [-0.3, -0.25) is 19.2 Å². The van der Waals surface area contributed by atoms with Crippen molar-refractivity contribution in [2.45, 2.75) is 59.4 Å². The summed E-state index contributed by atoms with van der Waals surface area (Å²) in [5.74, 6) is -1.08. The summed E-state index contributed by atoms with van der Waals surface area (Å²) in [6.07, 6.45) is -0.621. The zero-order valence-corrected chi connectivity index (χ0v) is 17.5. The molecule has 1 heterocycles. The molecule has 1 atom stereocenters. The van der Waals surface area contributed by atoms with Gasteiger partial charge in [0.05, 0.1) is 13.0 Å². The topological polar surface area (TPSA) is 111 Å². The molecule has 0 aromatic heterocycles. The molecule has 9 heteroatoms. The normalized spacial score (nSPS) is 20.6. The molecule has 0 aromatic rings. The van der Waals surface area contributed by atoms with E-state index in [4.69, 9.17) is 9.47 Å². The first-order valence-corrected chi connectivity index (χ1v) is 9.93. The molecule has 1 aliphatic heterocycles. The summed E-state index contributed by atoms with van der Waals surface area (Å²) in [6, 6.07) is 0. The van der Waals surface area contributed by atoms with Crippen LogP contribution in [0, 0.1) is 5.41 Å². The zero-order valence-electron chi connectivity index (χ0n) is 16.7. The monoisotopic (exact) mass is 402 g/mol. The van der Waals surface area contributed by atoms with Crippen molar-refractivity contribution in [3.8, 4) is 0 Å². The molecule has 1 saturated heterocycles. The second-order valence-electron chi connectivity index (χ2n) is 7.67. The van der Waals surface area contributed by atoms with E-state index in [2.05, 4.69) is 10.6 Å². The van der Waals surface area contributed by atoms with Crippen LogP contribution in [0.3, 0.4) is 0 Å². The Morgan fingerprint density at radius 2 is 1.74 bits per heavy atom. The van der Waals surface area contributed by atoms with Crippen LogP contribution in [-0.2, 0) is 28.7 Å². The molecule has 0 spiro atoms. The van der Waals surface area contributed by atoms with Gasteiger partial charge in [-0.25, -0.2) is 0 Å². The minimum atomic E-state index is -0.827. The van der Waals surface area contributed by atoms with Crippen molar-refractivity contribution in [3.05, 3.63) is 0 Å². The van der Waals surface area contributed by atoms with Gasteiger partial charge in [0.25, 0.3) is 0 Å². The van der Waals surface area contributed by atoms with E-state index in [0.717, 1.165) is 11.8 Å². The van der Waals surface area contributed by atoms with Crippen LogP contribution in [0.4, 0.5) is 0 Å². The van der Waals surface area contributed by atoms with E-state index in [1.165, 1.54) is 6.92 Å². The van der Waals surface area contributed by atoms with E-state index < -0.39 is 17.3 Å². The van der Waals surface area contributed by atoms with Crippen LogP contribution in [-0.4, -0.2) is 60.1 Å². The lowest BCUT2D eigenvalue weighted by Gasteiger charge is -2.44. The Balaban J connectivity index is 2.26. The summed E-state index contributed by atoms with van der Waals surface area (Å²) in [4.78, 5) is 46.4. The number of carbonyl (C=O) groups is 4. The predicted octanol–water partition coefficient (Wildman–Crippen LogP) is 1.03. The number of hydrogen-bond acceptors (Lipinski definition) is 7. The average molecular weight is 403 g/mol. The highest BCUT2D eigenvalue weighted by Gasteiger charge is 2.45. The Labute approximate surface area is 164 Å². The lowest BCUT2D eigenvalue weighted by atomic mass is 9.85. The van der Waals surface area contributed by atoms with E-state index in [1.807, 2.05) is 13.8 Å². The lowest BCUT2D eigenvalue weighted by molar-refractivity contribution is -0.304. The molecule has 0 aromatic carbocycles. The van der Waals surface area contributed by atoms with E-state index in [9.17, 15) is 19.2 Å². The smallest absolute Gasteiger partial charge is 0.249 e. The summed E-state index contributed by atoms with van der Waals surface area (Å²) in [7, 11) is 0. The second kappa shape index (κ2) is 10.2. The SMILES string of the molecule is CC(=O)CC(=O)SCCNC(=O)CCNC(=O)[C@@H]1OC(C)(C)OCC1(C)C. The molecule has 0 saturated carbocycles. The van der Waals surface area contributed by atoms with Gasteiger partial charge in [-0.2, -0.15) is 0 Å². The predicted molar refractivity (Wildman–Crippen MR) is 102 cm³/mol. The molecule has 2 amide bonds. The number of carbonyl (C=O) groups excluding carboxylic acids is 4. The Morgan fingerprint density at radius 3 is 2.37 bits per heavy atom. The largest absolute Gasteiger partial charge is 0.355 e. The summed E-state index contributed by atoms with van der Waals surface area (Å²) in [6.45, 7) is 9.59. The van der Waals surface area contributed by atoms with E-state index >= 15 is 0 Å². The van der Waals surface area contributed by atoms with Gasteiger partial charge in [0.2, 0.25) is 11.8 Å². The van der Waals surface area contributed by atoms with E-state index in [1.54, 1.807) is 13.8 Å². The average Bonchev–Trinajstić information content (AvgIpc) is 2.53. The Hall–Kier alpha value is -1.45. The highest BCUT2D eigenvalue weighted by atomic mass is 32.2. The van der Waals surface area contributed by atoms with E-state index in [0.29, 0.717) is 18.9 Å². The van der Waals surface area contributed by atoms with Gasteiger partial charge < -0.3 is 20.1 Å². The Kier molecular flexibility index (Phi) is 8.90. The first kappa shape index (κ1) is 23.6. The van der Waals surface area contributed by atoms with Gasteiger partial charge in [0, 0.05) is 30.7 Å². The van der Waals surface area contributed by atoms with Crippen molar-refractivity contribution < 1.29 is 28.7 Å². The van der Waals surface area contributed by atoms with Crippen molar-refractivity contribution in [3.63, 3.8) is 0 Å². The fourth-order valence-electron chi connectivity index (χ4n) is 2.41. The minimum Gasteiger partial charge on any atom is -0.355 e. The number of ketones is 1. The molecule has 154 valence electrons. The van der Waals surface area contributed by atoms with Crippen molar-refractivity contribution in [2.24, 2.45) is 5.41 Å². The highest BCUT2D eigenvalue weighted by Crippen LogP contribution is 2.34. The molecule has 0 bridgehead atoms. The zero-order chi connectivity index (χ0) is 20.7. The van der Waals surface area contributed by atoms with Crippen LogP contribution >= 0.6 is 11.8 Å². The van der Waals surface area contributed by atoms with Gasteiger partial charge in [-0.15, -0.1) is 0 Å². The maximum Gasteiger partial charge on any atom is 0.249 e. The van der Waals surface area contributed by atoms with Crippen LogP contribution in [0.5, 0.6) is 0 Å². The van der Waals surface area contributed by atoms with Crippen molar-refractivity contribution in [1.82, 2.24) is 10.6 Å². The standard InChI is InChI=1S/C18H30N2O6S/c1-12(21)10-14(23)27-9-8-19-13(22)6-7-20-16(24)15-17(2,3)11-25-18(4,5)26-15/h15H,6-11H2,1-5H3,(H,19,22)(H,20,24)/t15-/m0/s1. The minimum absolute atomic E-state index is 0.0912. The fraction of sp³-hybridized carbons (Fsp3) is 0.778. The summed E-state index contributed by atoms with van der Waals surface area (Å²) < 4.78 is 11.3. The third kappa shape index (κ3) is 8.85. The molecular weight excluding hydrogens is 372 g/mol. The summed E-state index contributed by atoms with van der Waals surface area (Å²) in [5.41, 5.74) is -0.467. The van der Waals surface area contributed by atoms with Crippen LogP contribution in [0.15, 0.2) is 0 Å². The van der Waals surface area contributed by atoms with Crippen LogP contribution in [0.2, 0.25) is 0 Å². The van der Waals surface area contributed by atoms with Crippen molar-refractivity contribution in [1.29, 1.82) is 0 Å². The van der Waals surface area contributed by atoms with Crippen LogP contribution in [0.1, 0.15) is 47.5 Å². The Bertz CT molecular complexity index is 576. The quantitative estimate of drug-likeness (QED) is 0.438. The molecule has 0 radical (unpaired) electrons. The molecule has 1 rings (SSSR count). The van der Waals surface area contributed by atoms with Crippen LogP contribution < -0.4 is 10.6 Å². The Morgan fingerprint density at radius 1 is 1.07 bits per heavy atom. The number of thioether (sulfide) groups is 1. The van der Waals surface area contributed by atoms with Gasteiger partial charge >= 0.3 is 0 Å². The number of Topliss-reactive ketones (excluding diaryl/α,β-unsaturated/α-hetero) is 1. The summed E-state index contributed by atoms with van der Waals surface area (Å²) in [5, 5.41) is 5.20. The van der Waals surface area contributed by atoms with Crippen molar-refractivity contribution in [2.75, 3.05) is 25.4 Å². The highest BCUT2D eigenvalue weighted by molar-refractivity contribution is 8.13. The van der Waals surface area contributed by atoms with Gasteiger partial charge in [-0.1, -0.05) is 25.6 Å². The molecule has 2 N–H and O–H groups in total. The van der Waals surface area contributed by atoms with Crippen molar-refractivity contribution >= 4 is 34.5 Å². The first-order valence-electron chi connectivity index (χ1n) is 8.94. The number of ether oxygens (including phenoxy) is 2. The molecule has 1 fully saturated rings. The van der Waals surface area contributed by atoms with Gasteiger partial charge in [-0.05, 0) is 20.8 Å². The number of hydrogen-bond donors (Lipinski definition) is 2. The number of nitrogens with one attached hydrogen (secondary N) is 2. The summed E-state index contributed by atoms with van der Waals surface area (Å²) >= 11 is 1.02. The van der Waals surface area contributed by atoms with Gasteiger partial charge in [0.15, 0.2) is 10.9 Å². The molecule has 27 heavy (non-hydrogen) atoms. The molecular formula is C18H30N2O6S. The molecule has 8 nitrogen and oxygen atoms in total. The maximum absolute atomic E-state index is 12.4. The number of rotatable bonds is 9. The maximum atomic E-state index is 12.4. The lowest BCUT2D eigenvalue weighted by Crippen LogP contribution is -2.56. The first-order chi connectivity index (χ1) is 12.4. The fourth-order valence-corrected chi connectivity index (χ4v) is 3.15. The van der Waals surface area contributed by atoms with Gasteiger partial charge in [0.1, 0.15) is 11.9 Å². The van der Waals surface area contributed by atoms with E-state index in [-0.39, 0.29) is 42.1 Å². The molecule has 1 aliphatic rings. The van der Waals surface area contributed by atoms with Crippen LogP contribution in [0.25, 0.3) is 0 Å². The second-order valence-corrected chi connectivity index (χ2v) is 8.82. The third-order valence-corrected chi connectivity index (χ3v) is 4.75. The molecule has 0 unspecified atom stereocenters. The molecule has 0 aliphatic carbocycles. The number of amides is 2.